The maximum absolute atomic E-state index is 7.06. The normalized spacial score (nSPS) is 16.2. The van der Waals surface area contributed by atoms with E-state index in [0.717, 1.165) is 55.4 Å². The van der Waals surface area contributed by atoms with Crippen molar-refractivity contribution in [1.29, 1.82) is 0 Å². The van der Waals surface area contributed by atoms with Crippen LogP contribution < -0.4 is 31.1 Å². The molecular formula is C44H42N2O2Si2. The molecule has 0 radical (unpaired) electrons. The molecule has 1 aliphatic carbocycles. The van der Waals surface area contributed by atoms with E-state index >= 15 is 0 Å². The average molecular weight is 687 g/mol. The Balaban J connectivity index is 1.30. The van der Waals surface area contributed by atoms with Crippen LogP contribution in [0.4, 0.5) is 0 Å². The zero-order valence-electron chi connectivity index (χ0n) is 28.7. The average Bonchev–Trinajstić information content (AvgIpc) is 3.17. The van der Waals surface area contributed by atoms with Gasteiger partial charge in [0.25, 0.3) is 0 Å². The molecular weight excluding hydrogens is 645 g/mol. The minimum Gasteiger partial charge on any atom is -0.438 e. The minimum atomic E-state index is -3.01. The lowest BCUT2D eigenvalue weighted by Crippen LogP contribution is -2.68. The largest absolute Gasteiger partial charge is 0.438 e. The molecule has 6 aromatic carbocycles. The molecule has 0 bridgehead atoms. The van der Waals surface area contributed by atoms with Crippen molar-refractivity contribution in [3.8, 4) is 0 Å². The molecule has 0 atom stereocenters. The molecule has 0 unspecified atom stereocenters. The first-order valence-electron chi connectivity index (χ1n) is 17.3. The third-order valence-electron chi connectivity index (χ3n) is 9.48. The summed E-state index contributed by atoms with van der Waals surface area (Å²) in [5.41, 5.74) is 1.89. The lowest BCUT2D eigenvalue weighted by molar-refractivity contribution is 0.319. The predicted octanol–water partition coefficient (Wildman–Crippen LogP) is 6.28. The maximum atomic E-state index is 7.06. The molecule has 0 saturated heterocycles. The number of hydrogen-bond acceptors (Lipinski definition) is 4. The molecule has 1 fully saturated rings. The summed E-state index contributed by atoms with van der Waals surface area (Å²) in [6.07, 6.45) is 2.22. The van der Waals surface area contributed by atoms with Crippen LogP contribution in [0, 0.1) is 5.41 Å². The van der Waals surface area contributed by atoms with E-state index < -0.39 is 16.6 Å². The Hall–Kier alpha value is -5.31. The predicted molar refractivity (Wildman–Crippen MR) is 213 cm³/mol. The van der Waals surface area contributed by atoms with E-state index in [4.69, 9.17) is 19.4 Å². The first-order chi connectivity index (χ1) is 24.5. The molecule has 1 saturated carbocycles. The Morgan fingerprint density at radius 2 is 0.600 bits per heavy atom. The minimum absolute atomic E-state index is 0.0739. The number of hydrogen-bond donors (Lipinski definition) is 0. The second kappa shape index (κ2) is 14.7. The molecule has 0 aliphatic heterocycles. The van der Waals surface area contributed by atoms with Crippen LogP contribution in [0.15, 0.2) is 192 Å². The SMILES string of the molecule is CC1(C)C/C(=N/O[Si](c2ccccc2)(c2ccccc2)c2ccccc2)C/C(=N/O[Si](c2ccccc2)(c2ccccc2)c2ccccc2)C1. The summed E-state index contributed by atoms with van der Waals surface area (Å²) in [7, 11) is -6.02. The quantitative estimate of drug-likeness (QED) is 0.0969. The van der Waals surface area contributed by atoms with Crippen molar-refractivity contribution < 1.29 is 9.05 Å². The zero-order chi connectivity index (χ0) is 34.3. The van der Waals surface area contributed by atoms with E-state index in [1.165, 1.54) is 0 Å². The summed E-state index contributed by atoms with van der Waals surface area (Å²) in [5.74, 6) is 0. The zero-order valence-corrected chi connectivity index (χ0v) is 30.7. The molecule has 1 aliphatic rings. The molecule has 0 heterocycles. The van der Waals surface area contributed by atoms with Crippen molar-refractivity contribution in [1.82, 2.24) is 0 Å². The molecule has 0 N–H and O–H groups in total. The molecule has 6 aromatic rings. The molecule has 6 heteroatoms. The van der Waals surface area contributed by atoms with Crippen molar-refractivity contribution in [3.05, 3.63) is 182 Å². The summed E-state index contributed by atoms with van der Waals surface area (Å²) in [6, 6.07) is 63.6. The Kier molecular flexibility index (Phi) is 9.74. The second-order valence-corrected chi connectivity index (χ2v) is 20.3. The van der Waals surface area contributed by atoms with Gasteiger partial charge < -0.3 is 9.05 Å². The van der Waals surface area contributed by atoms with E-state index in [9.17, 15) is 0 Å². The van der Waals surface area contributed by atoms with Gasteiger partial charge in [-0.3, -0.25) is 0 Å². The van der Waals surface area contributed by atoms with Crippen molar-refractivity contribution in [2.24, 2.45) is 15.7 Å². The van der Waals surface area contributed by atoms with Gasteiger partial charge in [-0.1, -0.05) is 196 Å². The fourth-order valence-corrected chi connectivity index (χ4v) is 14.4. The van der Waals surface area contributed by atoms with Crippen molar-refractivity contribution in [2.75, 3.05) is 0 Å². The Morgan fingerprint density at radius 1 is 0.380 bits per heavy atom. The van der Waals surface area contributed by atoms with Crippen LogP contribution in [-0.2, 0) is 9.05 Å². The topological polar surface area (TPSA) is 43.2 Å². The van der Waals surface area contributed by atoms with Gasteiger partial charge in [-0.15, -0.1) is 10.3 Å². The molecule has 0 amide bonds. The van der Waals surface area contributed by atoms with Crippen LogP contribution in [0.1, 0.15) is 33.1 Å². The lowest BCUT2D eigenvalue weighted by atomic mass is 9.75. The summed E-state index contributed by atoms with van der Waals surface area (Å²) < 4.78 is 14.1. The highest BCUT2D eigenvalue weighted by atomic mass is 28.4. The van der Waals surface area contributed by atoms with Gasteiger partial charge >= 0.3 is 16.6 Å². The molecule has 248 valence electrons. The summed E-state index contributed by atoms with van der Waals surface area (Å²) >= 11 is 0. The van der Waals surface area contributed by atoms with Gasteiger partial charge in [0.15, 0.2) is 0 Å². The van der Waals surface area contributed by atoms with Crippen LogP contribution in [0.5, 0.6) is 0 Å². The van der Waals surface area contributed by atoms with Crippen LogP contribution in [0.25, 0.3) is 0 Å². The fraction of sp³-hybridized carbons (Fsp3) is 0.136. The van der Waals surface area contributed by atoms with Gasteiger partial charge in [0, 0.05) is 6.42 Å². The van der Waals surface area contributed by atoms with E-state index in [1.807, 2.05) is 0 Å². The Labute approximate surface area is 298 Å². The Morgan fingerprint density at radius 3 is 0.820 bits per heavy atom. The van der Waals surface area contributed by atoms with Gasteiger partial charge in [-0.2, -0.15) is 0 Å². The lowest BCUT2D eigenvalue weighted by Gasteiger charge is -2.34. The van der Waals surface area contributed by atoms with Gasteiger partial charge in [-0.25, -0.2) is 0 Å². The number of benzene rings is 6. The number of rotatable bonds is 10. The van der Waals surface area contributed by atoms with E-state index in [0.29, 0.717) is 6.42 Å². The smallest absolute Gasteiger partial charge is 0.380 e. The van der Waals surface area contributed by atoms with E-state index in [1.54, 1.807) is 0 Å². The van der Waals surface area contributed by atoms with Crippen LogP contribution in [0.3, 0.4) is 0 Å². The highest BCUT2D eigenvalue weighted by molar-refractivity contribution is 7.07. The standard InChI is InChI=1S/C44H42N2O2Si2/c1-44(2)34-36(45-47-49(38-21-9-3-10-22-38,39-23-11-4-12-24-39)40-25-13-5-14-26-40)33-37(35-44)46-48-50(41-27-15-6-16-28-41,42-29-17-7-18-30-42)43-31-19-8-20-32-43/h3-32H,33-35H2,1-2H3/b45-36-,46-37+. The van der Waals surface area contributed by atoms with Gasteiger partial charge in [-0.05, 0) is 49.4 Å². The molecule has 0 aromatic heterocycles. The van der Waals surface area contributed by atoms with Gasteiger partial charge in [0.05, 0.1) is 11.4 Å². The molecule has 4 nitrogen and oxygen atoms in total. The van der Waals surface area contributed by atoms with Crippen molar-refractivity contribution >= 4 is 59.2 Å². The third kappa shape index (κ3) is 6.77. The molecule has 7 rings (SSSR count). The van der Waals surface area contributed by atoms with E-state index in [-0.39, 0.29) is 5.41 Å². The van der Waals surface area contributed by atoms with E-state index in [2.05, 4.69) is 196 Å². The summed E-state index contributed by atoms with van der Waals surface area (Å²) in [4.78, 5) is 0. The molecule has 0 spiro atoms. The molecule has 50 heavy (non-hydrogen) atoms. The fourth-order valence-electron chi connectivity index (χ4n) is 7.28. The highest BCUT2D eigenvalue weighted by Crippen LogP contribution is 2.33. The van der Waals surface area contributed by atoms with Crippen LogP contribution >= 0.6 is 0 Å². The number of nitrogens with zero attached hydrogens (tertiary/aromatic N) is 2. The van der Waals surface area contributed by atoms with Gasteiger partial charge in [0.2, 0.25) is 0 Å². The van der Waals surface area contributed by atoms with Crippen LogP contribution in [0.2, 0.25) is 0 Å². The highest BCUT2D eigenvalue weighted by Gasteiger charge is 2.47. The number of oxime groups is 2. The summed E-state index contributed by atoms with van der Waals surface area (Å²) in [6.45, 7) is 4.56. The maximum Gasteiger partial charge on any atom is 0.380 e. The van der Waals surface area contributed by atoms with Crippen LogP contribution in [-0.4, -0.2) is 28.1 Å². The second-order valence-electron chi connectivity index (χ2n) is 13.8. The van der Waals surface area contributed by atoms with Gasteiger partial charge in [0.1, 0.15) is 0 Å². The third-order valence-corrected chi connectivity index (χ3v) is 17.1. The Bertz CT molecular complexity index is 1700. The first-order valence-corrected chi connectivity index (χ1v) is 21.1. The monoisotopic (exact) mass is 686 g/mol. The summed E-state index contributed by atoms with van der Waals surface area (Å²) in [5, 5.41) is 17.1. The van der Waals surface area contributed by atoms with Crippen molar-refractivity contribution in [3.63, 3.8) is 0 Å². The first kappa shape index (κ1) is 33.2. The van der Waals surface area contributed by atoms with Crippen molar-refractivity contribution in [2.45, 2.75) is 33.1 Å².